The summed E-state index contributed by atoms with van der Waals surface area (Å²) in [5.41, 5.74) is 0. The van der Waals surface area contributed by atoms with Gasteiger partial charge in [-0.2, -0.15) is 0 Å². The molecule has 1 atom stereocenters. The van der Waals surface area contributed by atoms with Crippen molar-refractivity contribution in [1.29, 1.82) is 0 Å². The summed E-state index contributed by atoms with van der Waals surface area (Å²) >= 11 is 0. The summed E-state index contributed by atoms with van der Waals surface area (Å²) < 4.78 is 16.8. The zero-order valence-electron chi connectivity index (χ0n) is 43.8. The lowest BCUT2D eigenvalue weighted by Crippen LogP contribution is -2.30. The molecule has 0 radical (unpaired) electrons. The van der Waals surface area contributed by atoms with Gasteiger partial charge in [-0.1, -0.05) is 217 Å². The van der Waals surface area contributed by atoms with E-state index in [0.29, 0.717) is 12.8 Å². The summed E-state index contributed by atoms with van der Waals surface area (Å²) in [6.07, 6.45) is 80.8. The molecule has 69 heavy (non-hydrogen) atoms. The van der Waals surface area contributed by atoms with E-state index in [-0.39, 0.29) is 37.5 Å². The standard InChI is InChI=1S/C63H96O6/c1-4-7-10-13-16-19-22-25-27-29-31-33-35-38-41-44-47-50-53-56-62(65)68-59-60(58-67-61(64)55-52-49-46-43-40-37-24-21-18-15-12-9-6-3)69-63(66)57-54-51-48-45-42-39-36-34-32-30-28-26-23-20-17-14-11-8-5-2/h7-12,15-21,24-28,31-34,37-38,40-41,60H,4-6,13-14,22-23,29-30,35-36,39,42-59H2,1-3H3/b10-7+,11-8+,12-9+,18-15+,19-16+,20-17+,24-21+,27-25+,28-26+,33-31+,34-32+,40-37+,41-38+. The van der Waals surface area contributed by atoms with E-state index in [4.69, 9.17) is 14.2 Å². The first-order valence-electron chi connectivity index (χ1n) is 27.0. The Morgan fingerprint density at radius 3 is 1.00 bits per heavy atom. The van der Waals surface area contributed by atoms with Crippen LogP contribution in [0.15, 0.2) is 158 Å². The van der Waals surface area contributed by atoms with Crippen LogP contribution < -0.4 is 0 Å². The SMILES string of the molecule is CC/C=C/C=C/C=C/C=C/CCCCCC(=O)OCC(COC(=O)CCCCC/C=C/C/C=C/C/C=C/C/C=C/C/C=C/CC)OC(=O)CCCCCCCC/C=C/C/C=C/C/C=C/C/C=C/CC. The van der Waals surface area contributed by atoms with Crippen LogP contribution >= 0.6 is 0 Å². The van der Waals surface area contributed by atoms with Gasteiger partial charge in [0.25, 0.3) is 0 Å². The van der Waals surface area contributed by atoms with Crippen molar-refractivity contribution in [3.8, 4) is 0 Å². The number of hydrogen-bond acceptors (Lipinski definition) is 6. The van der Waals surface area contributed by atoms with E-state index < -0.39 is 6.10 Å². The van der Waals surface area contributed by atoms with Crippen LogP contribution in [0.1, 0.15) is 201 Å². The Morgan fingerprint density at radius 2 is 0.594 bits per heavy atom. The molecule has 0 aliphatic rings. The summed E-state index contributed by atoms with van der Waals surface area (Å²) in [6.45, 7) is 6.17. The fraction of sp³-hybridized carbons (Fsp3) is 0.540. The first kappa shape index (κ1) is 64.0. The van der Waals surface area contributed by atoms with Gasteiger partial charge < -0.3 is 14.2 Å². The second kappa shape index (κ2) is 55.6. The second-order valence-electron chi connectivity index (χ2n) is 17.1. The minimum atomic E-state index is -0.824. The second-order valence-corrected chi connectivity index (χ2v) is 17.1. The van der Waals surface area contributed by atoms with Crippen molar-refractivity contribution < 1.29 is 28.6 Å². The monoisotopic (exact) mass is 949 g/mol. The van der Waals surface area contributed by atoms with Gasteiger partial charge in [0.1, 0.15) is 13.2 Å². The largest absolute Gasteiger partial charge is 0.462 e. The van der Waals surface area contributed by atoms with Gasteiger partial charge in [0.05, 0.1) is 0 Å². The van der Waals surface area contributed by atoms with E-state index in [9.17, 15) is 14.4 Å². The van der Waals surface area contributed by atoms with E-state index in [2.05, 4.69) is 142 Å². The predicted molar refractivity (Wildman–Crippen MR) is 297 cm³/mol. The zero-order chi connectivity index (χ0) is 50.0. The van der Waals surface area contributed by atoms with Crippen molar-refractivity contribution in [1.82, 2.24) is 0 Å². The lowest BCUT2D eigenvalue weighted by atomic mass is 10.1. The fourth-order valence-corrected chi connectivity index (χ4v) is 6.64. The van der Waals surface area contributed by atoms with Crippen LogP contribution in [0.2, 0.25) is 0 Å². The molecule has 6 heteroatoms. The molecule has 384 valence electrons. The maximum Gasteiger partial charge on any atom is 0.306 e. The molecule has 6 nitrogen and oxygen atoms in total. The normalized spacial score (nSPS) is 13.4. The average Bonchev–Trinajstić information content (AvgIpc) is 3.35. The molecule has 0 spiro atoms. The molecule has 0 saturated heterocycles. The maximum atomic E-state index is 12.8. The van der Waals surface area contributed by atoms with E-state index in [1.807, 2.05) is 36.5 Å². The molecule has 0 heterocycles. The Morgan fingerprint density at radius 1 is 0.304 bits per heavy atom. The Kier molecular flexibility index (Phi) is 51.6. The molecule has 0 amide bonds. The van der Waals surface area contributed by atoms with Gasteiger partial charge in [-0.15, -0.1) is 0 Å². The van der Waals surface area contributed by atoms with Crippen LogP contribution in [0.4, 0.5) is 0 Å². The van der Waals surface area contributed by atoms with Gasteiger partial charge in [0.2, 0.25) is 0 Å². The Balaban J connectivity index is 4.55. The van der Waals surface area contributed by atoms with E-state index in [1.54, 1.807) is 0 Å². The number of allylic oxidation sites excluding steroid dienone is 26. The molecule has 0 aromatic rings. The molecule has 0 bridgehead atoms. The number of rotatable bonds is 46. The van der Waals surface area contributed by atoms with Crippen LogP contribution in [0.25, 0.3) is 0 Å². The molecule has 0 aromatic heterocycles. The summed E-state index contributed by atoms with van der Waals surface area (Å²) in [7, 11) is 0. The van der Waals surface area contributed by atoms with Crippen molar-refractivity contribution in [2.75, 3.05) is 13.2 Å². The molecule has 0 aliphatic carbocycles. The van der Waals surface area contributed by atoms with E-state index in [1.165, 1.54) is 12.8 Å². The van der Waals surface area contributed by atoms with Gasteiger partial charge >= 0.3 is 17.9 Å². The molecule has 1 unspecified atom stereocenters. The van der Waals surface area contributed by atoms with Gasteiger partial charge in [-0.05, 0) is 122 Å². The lowest BCUT2D eigenvalue weighted by Gasteiger charge is -2.18. The van der Waals surface area contributed by atoms with Crippen LogP contribution in [0.3, 0.4) is 0 Å². The summed E-state index contributed by atoms with van der Waals surface area (Å²) in [4.78, 5) is 38.1. The molecule has 0 aliphatic heterocycles. The predicted octanol–water partition coefficient (Wildman–Crippen LogP) is 18.2. The van der Waals surface area contributed by atoms with Crippen molar-refractivity contribution in [3.63, 3.8) is 0 Å². The molecule has 0 saturated carbocycles. The third kappa shape index (κ3) is 53.8. The Bertz CT molecular complexity index is 1610. The van der Waals surface area contributed by atoms with Crippen LogP contribution in [0.5, 0.6) is 0 Å². The van der Waals surface area contributed by atoms with Crippen LogP contribution in [-0.2, 0) is 28.6 Å². The Labute approximate surface area is 422 Å². The minimum Gasteiger partial charge on any atom is -0.462 e. The van der Waals surface area contributed by atoms with Gasteiger partial charge in [-0.25, -0.2) is 0 Å². The molecular formula is C63H96O6. The average molecular weight is 949 g/mol. The summed E-state index contributed by atoms with van der Waals surface area (Å²) in [5, 5.41) is 0. The maximum absolute atomic E-state index is 12.8. The topological polar surface area (TPSA) is 78.9 Å². The van der Waals surface area contributed by atoms with Gasteiger partial charge in [0.15, 0.2) is 6.10 Å². The third-order valence-electron chi connectivity index (χ3n) is 10.6. The highest BCUT2D eigenvalue weighted by Gasteiger charge is 2.19. The number of carbonyl (C=O) groups excluding carboxylic acids is 3. The third-order valence-corrected chi connectivity index (χ3v) is 10.6. The number of esters is 3. The van der Waals surface area contributed by atoms with Crippen molar-refractivity contribution in [3.05, 3.63) is 158 Å². The summed E-state index contributed by atoms with van der Waals surface area (Å²) in [5.74, 6) is -1.02. The minimum absolute atomic E-state index is 0.122. The highest BCUT2D eigenvalue weighted by molar-refractivity contribution is 5.71. The molecule has 0 fully saturated rings. The smallest absolute Gasteiger partial charge is 0.306 e. The quantitative estimate of drug-likeness (QED) is 0.0199. The molecular weight excluding hydrogens is 853 g/mol. The van der Waals surface area contributed by atoms with Crippen molar-refractivity contribution in [2.24, 2.45) is 0 Å². The summed E-state index contributed by atoms with van der Waals surface area (Å²) in [6, 6.07) is 0. The molecule has 0 N–H and O–H groups in total. The zero-order valence-corrected chi connectivity index (χ0v) is 43.8. The highest BCUT2D eigenvalue weighted by Crippen LogP contribution is 2.12. The van der Waals surface area contributed by atoms with E-state index >= 15 is 0 Å². The van der Waals surface area contributed by atoms with Gasteiger partial charge in [0, 0.05) is 19.3 Å². The Hall–Kier alpha value is -4.97. The molecule has 0 aromatic carbocycles. The van der Waals surface area contributed by atoms with Crippen LogP contribution in [-0.4, -0.2) is 37.2 Å². The number of ether oxygens (including phenoxy) is 3. The lowest BCUT2D eigenvalue weighted by molar-refractivity contribution is -0.167. The number of unbranched alkanes of at least 4 members (excludes halogenated alkanes) is 12. The highest BCUT2D eigenvalue weighted by atomic mass is 16.6. The first-order chi connectivity index (χ1) is 34.0. The molecule has 0 rings (SSSR count). The van der Waals surface area contributed by atoms with Crippen molar-refractivity contribution >= 4 is 17.9 Å². The van der Waals surface area contributed by atoms with Crippen LogP contribution in [0, 0.1) is 0 Å². The fourth-order valence-electron chi connectivity index (χ4n) is 6.64. The van der Waals surface area contributed by atoms with Crippen molar-refractivity contribution in [2.45, 2.75) is 207 Å². The van der Waals surface area contributed by atoms with E-state index in [0.717, 1.165) is 148 Å². The first-order valence-corrected chi connectivity index (χ1v) is 27.0. The van der Waals surface area contributed by atoms with Gasteiger partial charge in [-0.3, -0.25) is 14.4 Å². The number of hydrogen-bond donors (Lipinski definition) is 0. The number of carbonyl (C=O) groups is 3.